The Morgan fingerprint density at radius 2 is 2.00 bits per heavy atom. The predicted octanol–water partition coefficient (Wildman–Crippen LogP) is 4.11. The molecule has 3 aliphatic rings. The number of rotatable bonds is 11. The minimum Gasteiger partial charge on any atom is -0.459 e. The van der Waals surface area contributed by atoms with E-state index in [9.17, 15) is 4.79 Å². The van der Waals surface area contributed by atoms with Crippen molar-refractivity contribution in [3.63, 3.8) is 0 Å². The Balaban J connectivity index is 1.56. The Morgan fingerprint density at radius 3 is 2.62 bits per heavy atom. The number of carbonyl (C=O) groups is 1. The smallest absolute Gasteiger partial charge is 0.320 e. The molecular formula is C26H41NO5. The van der Waals surface area contributed by atoms with Crippen LogP contribution < -0.4 is 5.32 Å². The van der Waals surface area contributed by atoms with Gasteiger partial charge in [-0.15, -0.1) is 0 Å². The van der Waals surface area contributed by atoms with E-state index in [2.05, 4.69) is 58.2 Å². The number of epoxide rings is 2. The average molecular weight is 448 g/mol. The molecule has 0 aromatic carbocycles. The van der Waals surface area contributed by atoms with E-state index in [4.69, 9.17) is 18.9 Å². The summed E-state index contributed by atoms with van der Waals surface area (Å²) >= 11 is 0. The van der Waals surface area contributed by atoms with E-state index >= 15 is 0 Å². The minimum atomic E-state index is -0.318. The van der Waals surface area contributed by atoms with E-state index in [1.54, 1.807) is 7.11 Å². The van der Waals surface area contributed by atoms with Gasteiger partial charge in [0.2, 0.25) is 0 Å². The lowest BCUT2D eigenvalue weighted by molar-refractivity contribution is -0.170. The highest BCUT2D eigenvalue weighted by Crippen LogP contribution is 2.59. The minimum absolute atomic E-state index is 0.0475. The first-order chi connectivity index (χ1) is 15.3. The second-order valence-electron chi connectivity index (χ2n) is 9.80. The van der Waals surface area contributed by atoms with Crippen LogP contribution in [-0.2, 0) is 23.7 Å². The molecule has 6 nitrogen and oxygen atoms in total. The first kappa shape index (κ1) is 25.2. The molecule has 1 aliphatic carbocycles. The Hall–Kier alpha value is -1.47. The summed E-state index contributed by atoms with van der Waals surface area (Å²) in [5.41, 5.74) is 1.99. The zero-order chi connectivity index (χ0) is 23.4. The Morgan fingerprint density at radius 1 is 1.25 bits per heavy atom. The van der Waals surface area contributed by atoms with Gasteiger partial charge in [-0.1, -0.05) is 42.4 Å². The Kier molecular flexibility index (Phi) is 8.37. The van der Waals surface area contributed by atoms with Crippen molar-refractivity contribution in [1.82, 2.24) is 5.32 Å². The number of carbonyl (C=O) groups excluding carboxylic acids is 1. The van der Waals surface area contributed by atoms with Gasteiger partial charge in [-0.25, -0.2) is 0 Å². The summed E-state index contributed by atoms with van der Waals surface area (Å²) in [6, 6.07) is 0. The molecular weight excluding hydrogens is 406 g/mol. The van der Waals surface area contributed by atoms with Crippen LogP contribution in [0.15, 0.2) is 35.5 Å². The van der Waals surface area contributed by atoms with Crippen molar-refractivity contribution < 1.29 is 23.7 Å². The number of allylic oxidation sites excluding steroid dienone is 4. The van der Waals surface area contributed by atoms with E-state index < -0.39 is 0 Å². The summed E-state index contributed by atoms with van der Waals surface area (Å²) in [6.45, 7) is 12.1. The topological polar surface area (TPSA) is 72.6 Å². The van der Waals surface area contributed by atoms with Crippen LogP contribution in [0.4, 0.5) is 0 Å². The summed E-state index contributed by atoms with van der Waals surface area (Å²) in [7, 11) is 1.70. The predicted molar refractivity (Wildman–Crippen MR) is 125 cm³/mol. The van der Waals surface area contributed by atoms with Gasteiger partial charge < -0.3 is 24.3 Å². The number of ether oxygens (including phenoxy) is 4. The molecule has 0 radical (unpaired) electrons. The van der Waals surface area contributed by atoms with E-state index in [-0.39, 0.29) is 47.9 Å². The molecule has 1 saturated carbocycles. The lowest BCUT2D eigenvalue weighted by Crippen LogP contribution is -2.56. The summed E-state index contributed by atoms with van der Waals surface area (Å²) in [5, 5.41) is 3.14. The molecule has 2 saturated heterocycles. The summed E-state index contributed by atoms with van der Waals surface area (Å²) in [6.07, 6.45) is 11.6. The maximum atomic E-state index is 12.5. The third-order valence-corrected chi connectivity index (χ3v) is 6.96. The van der Waals surface area contributed by atoms with Gasteiger partial charge in [-0.05, 0) is 53.4 Å². The van der Waals surface area contributed by atoms with Crippen LogP contribution in [0.25, 0.3) is 0 Å². The molecule has 3 rings (SSSR count). The van der Waals surface area contributed by atoms with Crippen molar-refractivity contribution in [2.45, 2.75) is 89.8 Å². The number of hydrogen-bond donors (Lipinski definition) is 1. The molecule has 180 valence electrons. The highest BCUT2D eigenvalue weighted by Gasteiger charge is 2.72. The van der Waals surface area contributed by atoms with Crippen molar-refractivity contribution in [1.29, 1.82) is 0 Å². The first-order valence-electron chi connectivity index (χ1n) is 12.0. The van der Waals surface area contributed by atoms with Crippen molar-refractivity contribution >= 4 is 5.97 Å². The molecule has 2 heterocycles. The molecule has 1 N–H and O–H groups in total. The van der Waals surface area contributed by atoms with Gasteiger partial charge in [0.15, 0.2) is 0 Å². The lowest BCUT2D eigenvalue weighted by atomic mass is 9.68. The second kappa shape index (κ2) is 10.6. The van der Waals surface area contributed by atoms with Crippen LogP contribution in [0.1, 0.15) is 60.3 Å². The highest BCUT2D eigenvalue weighted by molar-refractivity contribution is 5.72. The monoisotopic (exact) mass is 447 g/mol. The fourth-order valence-electron chi connectivity index (χ4n) is 5.17. The summed E-state index contributed by atoms with van der Waals surface area (Å²) in [4.78, 5) is 12.5. The zero-order valence-corrected chi connectivity index (χ0v) is 20.6. The van der Waals surface area contributed by atoms with E-state index in [0.29, 0.717) is 6.54 Å². The molecule has 0 aromatic heterocycles. The highest BCUT2D eigenvalue weighted by atomic mass is 16.6. The maximum Gasteiger partial charge on any atom is 0.320 e. The molecule has 1 unspecified atom stereocenters. The molecule has 0 amide bonds. The second-order valence-corrected chi connectivity index (χ2v) is 9.80. The Bertz CT molecular complexity index is 749. The number of esters is 1. The zero-order valence-electron chi connectivity index (χ0n) is 20.6. The third-order valence-electron chi connectivity index (χ3n) is 6.96. The van der Waals surface area contributed by atoms with E-state index in [1.807, 2.05) is 6.08 Å². The van der Waals surface area contributed by atoms with Crippen LogP contribution in [-0.4, -0.2) is 62.3 Å². The molecule has 2 aliphatic heterocycles. The Labute approximate surface area is 193 Å². The van der Waals surface area contributed by atoms with Gasteiger partial charge in [-0.3, -0.25) is 4.79 Å². The quantitative estimate of drug-likeness (QED) is 0.169. The van der Waals surface area contributed by atoms with Crippen LogP contribution >= 0.6 is 0 Å². The van der Waals surface area contributed by atoms with Crippen LogP contribution in [0.5, 0.6) is 0 Å². The average Bonchev–Trinajstić information content (AvgIpc) is 3.65. The van der Waals surface area contributed by atoms with Crippen molar-refractivity contribution in [3.8, 4) is 0 Å². The number of methoxy groups -OCH3 is 1. The van der Waals surface area contributed by atoms with Crippen LogP contribution in [0.3, 0.4) is 0 Å². The molecule has 6 heteroatoms. The van der Waals surface area contributed by atoms with Crippen LogP contribution in [0.2, 0.25) is 0 Å². The van der Waals surface area contributed by atoms with Crippen LogP contribution in [0, 0.1) is 5.92 Å². The fraction of sp³-hybridized carbons (Fsp3) is 0.731. The van der Waals surface area contributed by atoms with E-state index in [1.165, 1.54) is 11.1 Å². The van der Waals surface area contributed by atoms with Gasteiger partial charge in [0.1, 0.15) is 23.4 Å². The molecule has 6 atom stereocenters. The van der Waals surface area contributed by atoms with Crippen molar-refractivity contribution in [2.75, 3.05) is 26.8 Å². The van der Waals surface area contributed by atoms with Crippen molar-refractivity contribution in [3.05, 3.63) is 35.5 Å². The molecule has 32 heavy (non-hydrogen) atoms. The standard InChI is InChI=1S/C26H41NO5/c1-7-9-19(4)10-8-15-27-16-22(28)31-20-13-14-26(17-30-26)24(23(20)29-6)25(5)21(32-25)12-11-18(2)3/h8-11,20-21,23-24,27H,7,12-17H2,1-6H3/t20-,21?,23-,24-,25+,26+/m1/s1. The molecule has 1 spiro atoms. The van der Waals surface area contributed by atoms with Crippen molar-refractivity contribution in [2.24, 2.45) is 5.92 Å². The van der Waals surface area contributed by atoms with Gasteiger partial charge in [0.25, 0.3) is 0 Å². The molecule has 3 fully saturated rings. The lowest BCUT2D eigenvalue weighted by Gasteiger charge is -2.42. The third kappa shape index (κ3) is 5.90. The normalized spacial score (nSPS) is 36.4. The molecule has 0 bridgehead atoms. The van der Waals surface area contributed by atoms with Gasteiger partial charge >= 0.3 is 5.97 Å². The molecule has 0 aromatic rings. The summed E-state index contributed by atoms with van der Waals surface area (Å²) < 4.78 is 24.0. The van der Waals surface area contributed by atoms with Gasteiger partial charge in [0, 0.05) is 13.7 Å². The fourth-order valence-corrected chi connectivity index (χ4v) is 5.17. The number of hydrogen-bond acceptors (Lipinski definition) is 6. The largest absolute Gasteiger partial charge is 0.459 e. The van der Waals surface area contributed by atoms with Gasteiger partial charge in [0.05, 0.1) is 25.2 Å². The SMILES string of the molecule is CCC=C(C)C=CCNCC(=O)O[C@@H]1CC[C@]2(CO2)[C@@H]([C@@]2(C)OC2CC=C(C)C)[C@@H]1OC. The maximum absolute atomic E-state index is 12.5. The summed E-state index contributed by atoms with van der Waals surface area (Å²) in [5.74, 6) is -0.202. The van der Waals surface area contributed by atoms with Gasteiger partial charge in [-0.2, -0.15) is 0 Å². The number of nitrogens with one attached hydrogen (secondary N) is 1. The first-order valence-corrected chi connectivity index (χ1v) is 12.0. The van der Waals surface area contributed by atoms with E-state index in [0.717, 1.165) is 32.3 Å².